The van der Waals surface area contributed by atoms with Gasteiger partial charge in [0, 0.05) is 13.6 Å². The van der Waals surface area contributed by atoms with Crippen LogP contribution in [-0.4, -0.2) is 30.5 Å². The van der Waals surface area contributed by atoms with Gasteiger partial charge in [-0.2, -0.15) is 0 Å². The molecule has 0 aromatic heterocycles. The molecule has 1 amide bonds. The van der Waals surface area contributed by atoms with Gasteiger partial charge in [0.15, 0.2) is 0 Å². The van der Waals surface area contributed by atoms with E-state index in [-0.39, 0.29) is 24.8 Å². The van der Waals surface area contributed by atoms with Gasteiger partial charge in [-0.15, -0.1) is 0 Å². The smallest absolute Gasteiger partial charge is 0.315 e. The molecule has 6 heteroatoms. The van der Waals surface area contributed by atoms with Crippen molar-refractivity contribution in [1.29, 1.82) is 0 Å². The zero-order valence-electron chi connectivity index (χ0n) is 11.0. The highest BCUT2D eigenvalue weighted by molar-refractivity contribution is 5.93. The number of carbonyl (C=O) groups excluding carboxylic acids is 2. The molecule has 0 saturated carbocycles. The Morgan fingerprint density at radius 1 is 1.32 bits per heavy atom. The Hall–Kier alpha value is -1.95. The second kappa shape index (κ2) is 7.48. The summed E-state index contributed by atoms with van der Waals surface area (Å²) in [5.41, 5.74) is 3.65. The third-order valence-corrected chi connectivity index (χ3v) is 2.41. The molecule has 5 nitrogen and oxygen atoms in total. The van der Waals surface area contributed by atoms with Crippen molar-refractivity contribution in [2.75, 3.05) is 13.7 Å². The van der Waals surface area contributed by atoms with Crippen molar-refractivity contribution in [2.24, 2.45) is 0 Å². The number of halogens is 1. The number of carbonyl (C=O) groups is 2. The van der Waals surface area contributed by atoms with Crippen molar-refractivity contribution in [2.45, 2.75) is 19.9 Å². The van der Waals surface area contributed by atoms with Gasteiger partial charge in [-0.1, -0.05) is 12.1 Å². The van der Waals surface area contributed by atoms with E-state index in [4.69, 9.17) is 0 Å². The van der Waals surface area contributed by atoms with E-state index in [1.54, 1.807) is 19.1 Å². The highest BCUT2D eigenvalue weighted by atomic mass is 19.1. The van der Waals surface area contributed by atoms with Crippen LogP contribution in [0.2, 0.25) is 0 Å². The van der Waals surface area contributed by atoms with Gasteiger partial charge < -0.3 is 4.74 Å². The summed E-state index contributed by atoms with van der Waals surface area (Å²) >= 11 is 0. The predicted molar refractivity (Wildman–Crippen MR) is 67.3 cm³/mol. The van der Waals surface area contributed by atoms with Crippen LogP contribution < -0.4 is 5.43 Å². The second-order valence-electron chi connectivity index (χ2n) is 3.90. The van der Waals surface area contributed by atoms with E-state index < -0.39 is 5.97 Å². The monoisotopic (exact) mass is 268 g/mol. The Morgan fingerprint density at radius 2 is 1.95 bits per heavy atom. The van der Waals surface area contributed by atoms with E-state index in [1.807, 2.05) is 0 Å². The second-order valence-corrected chi connectivity index (χ2v) is 3.90. The molecule has 1 rings (SSSR count). The van der Waals surface area contributed by atoms with Crippen LogP contribution in [0.15, 0.2) is 24.3 Å². The summed E-state index contributed by atoms with van der Waals surface area (Å²) < 4.78 is 17.4. The van der Waals surface area contributed by atoms with Crippen molar-refractivity contribution < 1.29 is 18.7 Å². The Bertz CT molecular complexity index is 434. The van der Waals surface area contributed by atoms with Crippen molar-refractivity contribution in [3.05, 3.63) is 35.6 Å². The average Bonchev–Trinajstić information content (AvgIpc) is 2.37. The molecule has 0 unspecified atom stereocenters. The number of hydrogen-bond acceptors (Lipinski definition) is 4. The maximum Gasteiger partial charge on any atom is 0.315 e. The lowest BCUT2D eigenvalue weighted by molar-refractivity contribution is -0.149. The fraction of sp³-hybridized carbons (Fsp3) is 0.385. The molecule has 0 bridgehead atoms. The maximum atomic E-state index is 12.7. The Labute approximate surface area is 111 Å². The largest absolute Gasteiger partial charge is 0.466 e. The summed E-state index contributed by atoms with van der Waals surface area (Å²) in [5.74, 6) is -1.25. The van der Waals surface area contributed by atoms with Crippen molar-refractivity contribution in [1.82, 2.24) is 10.4 Å². The molecule has 1 aromatic carbocycles. The minimum atomic E-state index is -0.553. The lowest BCUT2D eigenvalue weighted by Gasteiger charge is -2.18. The Balaban J connectivity index is 2.38. The quantitative estimate of drug-likeness (QED) is 0.479. The van der Waals surface area contributed by atoms with Gasteiger partial charge in [-0.3, -0.25) is 14.6 Å². The van der Waals surface area contributed by atoms with Crippen LogP contribution in [0.4, 0.5) is 4.39 Å². The van der Waals surface area contributed by atoms with Crippen LogP contribution in [0, 0.1) is 5.82 Å². The molecular formula is C13H17FN2O3. The normalized spacial score (nSPS) is 10.1. The number of hydrogen-bond donors (Lipinski definition) is 1. The van der Waals surface area contributed by atoms with Crippen LogP contribution in [0.3, 0.4) is 0 Å². The van der Waals surface area contributed by atoms with Crippen molar-refractivity contribution in [3.8, 4) is 0 Å². The minimum absolute atomic E-state index is 0.249. The summed E-state index contributed by atoms with van der Waals surface area (Å²) in [6.07, 6.45) is -0.305. The van der Waals surface area contributed by atoms with Gasteiger partial charge in [0.2, 0.25) is 5.91 Å². The van der Waals surface area contributed by atoms with Crippen LogP contribution in [-0.2, 0) is 20.9 Å². The number of amides is 1. The fourth-order valence-electron chi connectivity index (χ4n) is 1.35. The first-order chi connectivity index (χ1) is 9.02. The third-order valence-electron chi connectivity index (χ3n) is 2.41. The fourth-order valence-corrected chi connectivity index (χ4v) is 1.35. The number of hydrazine groups is 1. The molecule has 1 aromatic rings. The first kappa shape index (κ1) is 15.1. The number of ether oxygens (including phenoxy) is 1. The lowest BCUT2D eigenvalue weighted by Crippen LogP contribution is -2.40. The van der Waals surface area contributed by atoms with Crippen molar-refractivity contribution >= 4 is 11.9 Å². The van der Waals surface area contributed by atoms with E-state index in [9.17, 15) is 14.0 Å². The summed E-state index contributed by atoms with van der Waals surface area (Å²) in [6.45, 7) is 2.29. The van der Waals surface area contributed by atoms with Gasteiger partial charge in [0.1, 0.15) is 12.2 Å². The molecule has 0 radical (unpaired) electrons. The molecule has 19 heavy (non-hydrogen) atoms. The van der Waals surface area contributed by atoms with Gasteiger partial charge in [0.25, 0.3) is 0 Å². The first-order valence-electron chi connectivity index (χ1n) is 5.93. The van der Waals surface area contributed by atoms with Crippen molar-refractivity contribution in [3.63, 3.8) is 0 Å². The van der Waals surface area contributed by atoms with Gasteiger partial charge >= 0.3 is 5.97 Å². The molecule has 1 N–H and O–H groups in total. The van der Waals surface area contributed by atoms with E-state index in [1.165, 1.54) is 24.2 Å². The molecule has 0 spiro atoms. The molecular weight excluding hydrogens is 251 g/mol. The molecule has 0 heterocycles. The van der Waals surface area contributed by atoms with Crippen LogP contribution in [0.25, 0.3) is 0 Å². The highest BCUT2D eigenvalue weighted by Gasteiger charge is 2.14. The van der Waals surface area contributed by atoms with Crippen LogP contribution >= 0.6 is 0 Å². The third kappa shape index (κ3) is 5.48. The predicted octanol–water partition coefficient (Wildman–Crippen LogP) is 1.24. The van der Waals surface area contributed by atoms with E-state index in [0.717, 1.165) is 5.56 Å². The summed E-state index contributed by atoms with van der Waals surface area (Å²) in [6, 6.07) is 5.92. The molecule has 104 valence electrons. The van der Waals surface area contributed by atoms with E-state index in [0.29, 0.717) is 6.54 Å². The summed E-state index contributed by atoms with van der Waals surface area (Å²) in [4.78, 5) is 22.7. The lowest BCUT2D eigenvalue weighted by atomic mass is 10.2. The SMILES string of the molecule is CCOC(=O)CC(=O)N(C)NCc1ccc(F)cc1. The zero-order valence-corrected chi connectivity index (χ0v) is 11.0. The van der Waals surface area contributed by atoms with Crippen LogP contribution in [0.5, 0.6) is 0 Å². The number of esters is 1. The van der Waals surface area contributed by atoms with E-state index in [2.05, 4.69) is 10.2 Å². The standard InChI is InChI=1S/C13H17FN2O3/c1-3-19-13(18)8-12(17)16(2)15-9-10-4-6-11(14)7-5-10/h4-7,15H,3,8-9H2,1-2H3. The van der Waals surface area contributed by atoms with Gasteiger partial charge in [-0.05, 0) is 24.6 Å². The molecule has 0 fully saturated rings. The summed E-state index contributed by atoms with van der Waals surface area (Å²) in [7, 11) is 1.52. The number of benzene rings is 1. The average molecular weight is 268 g/mol. The van der Waals surface area contributed by atoms with Gasteiger partial charge in [-0.25, -0.2) is 9.82 Å². The Morgan fingerprint density at radius 3 is 2.53 bits per heavy atom. The molecule has 0 atom stereocenters. The molecule has 0 saturated heterocycles. The van der Waals surface area contributed by atoms with Crippen LogP contribution in [0.1, 0.15) is 18.9 Å². The number of nitrogens with zero attached hydrogens (tertiary/aromatic N) is 1. The van der Waals surface area contributed by atoms with Gasteiger partial charge in [0.05, 0.1) is 6.61 Å². The summed E-state index contributed by atoms with van der Waals surface area (Å²) in [5, 5.41) is 1.22. The zero-order chi connectivity index (χ0) is 14.3. The maximum absolute atomic E-state index is 12.7. The van der Waals surface area contributed by atoms with E-state index >= 15 is 0 Å². The molecule has 0 aliphatic rings. The first-order valence-corrected chi connectivity index (χ1v) is 5.93. The topological polar surface area (TPSA) is 58.6 Å². The minimum Gasteiger partial charge on any atom is -0.466 e. The number of rotatable bonds is 6. The highest BCUT2D eigenvalue weighted by Crippen LogP contribution is 2.02. The molecule has 0 aliphatic heterocycles. The Kier molecular flexibility index (Phi) is 5.95. The number of nitrogens with one attached hydrogen (secondary N) is 1. The molecule has 0 aliphatic carbocycles.